The van der Waals surface area contributed by atoms with Crippen molar-refractivity contribution in [2.75, 3.05) is 38.2 Å². The van der Waals surface area contributed by atoms with Gasteiger partial charge < -0.3 is 19.7 Å². The molecule has 2 aliphatic heterocycles. The van der Waals surface area contributed by atoms with Crippen molar-refractivity contribution >= 4 is 24.1 Å². The highest BCUT2D eigenvalue weighted by atomic mass is 35.5. The molecule has 1 aromatic rings. The number of amides is 1. The fraction of sp³-hybridized carbons (Fsp3) is 0.727. The number of anilines is 1. The fourth-order valence-electron chi connectivity index (χ4n) is 5.67. The highest BCUT2D eigenvalue weighted by Crippen LogP contribution is 2.56. The molecule has 7 heteroatoms. The van der Waals surface area contributed by atoms with Gasteiger partial charge in [0.05, 0.1) is 24.4 Å². The number of morpholine rings is 1. The first-order chi connectivity index (χ1) is 13.5. The van der Waals surface area contributed by atoms with E-state index in [1.165, 1.54) is 30.4 Å². The molecular formula is C22H32ClN3O3. The van der Waals surface area contributed by atoms with Crippen LogP contribution in [0.3, 0.4) is 0 Å². The molecule has 4 aliphatic rings. The van der Waals surface area contributed by atoms with Crippen LogP contribution in [0, 0.1) is 0 Å². The highest BCUT2D eigenvalue weighted by Gasteiger charge is 2.43. The number of carbonyl (C=O) groups is 1. The second kappa shape index (κ2) is 8.05. The van der Waals surface area contributed by atoms with Crippen molar-refractivity contribution in [3.8, 4) is 0 Å². The maximum absolute atomic E-state index is 13.2. The molecular weight excluding hydrogens is 390 g/mol. The maximum atomic E-state index is 13.2. The number of ether oxygens (including phenoxy) is 2. The summed E-state index contributed by atoms with van der Waals surface area (Å²) in [5.74, 6) is 2.23. The van der Waals surface area contributed by atoms with E-state index < -0.39 is 0 Å². The summed E-state index contributed by atoms with van der Waals surface area (Å²) >= 11 is 0. The zero-order valence-corrected chi connectivity index (χ0v) is 18.2. The monoisotopic (exact) mass is 421 g/mol. The van der Waals surface area contributed by atoms with Crippen LogP contribution in [0.5, 0.6) is 0 Å². The predicted molar refractivity (Wildman–Crippen MR) is 114 cm³/mol. The van der Waals surface area contributed by atoms with Gasteiger partial charge in [0, 0.05) is 37.5 Å². The predicted octanol–water partition coefficient (Wildman–Crippen LogP) is 3.71. The van der Waals surface area contributed by atoms with Crippen LogP contribution in [0.25, 0.3) is 0 Å². The van der Waals surface area contributed by atoms with Crippen LogP contribution >= 0.6 is 12.4 Å². The van der Waals surface area contributed by atoms with Crippen LogP contribution in [0.15, 0.2) is 6.20 Å². The summed E-state index contributed by atoms with van der Waals surface area (Å²) in [6, 6.07) is 0.375. The Morgan fingerprint density at radius 2 is 1.86 bits per heavy atom. The molecule has 3 heterocycles. The largest absolute Gasteiger partial charge is 0.378 e. The summed E-state index contributed by atoms with van der Waals surface area (Å²) in [6.07, 6.45) is 7.42. The third-order valence-corrected chi connectivity index (χ3v) is 6.97. The lowest BCUT2D eigenvalue weighted by molar-refractivity contribution is -0.0553. The van der Waals surface area contributed by atoms with Gasteiger partial charge in [-0.1, -0.05) is 0 Å². The lowest BCUT2D eigenvalue weighted by atomic mass is 9.88. The number of hydrogen-bond donors (Lipinski definition) is 1. The van der Waals surface area contributed by atoms with E-state index in [0.29, 0.717) is 44.2 Å². The van der Waals surface area contributed by atoms with Gasteiger partial charge in [-0.05, 0) is 63.4 Å². The lowest BCUT2D eigenvalue weighted by Crippen LogP contribution is -2.41. The van der Waals surface area contributed by atoms with Gasteiger partial charge in [-0.25, -0.2) is 4.98 Å². The minimum absolute atomic E-state index is 0. The molecule has 3 unspecified atom stereocenters. The molecule has 3 atom stereocenters. The van der Waals surface area contributed by atoms with Gasteiger partial charge in [0.1, 0.15) is 5.82 Å². The topological polar surface area (TPSA) is 63.7 Å². The van der Waals surface area contributed by atoms with E-state index in [1.807, 2.05) is 11.1 Å². The van der Waals surface area contributed by atoms with Gasteiger partial charge >= 0.3 is 0 Å². The van der Waals surface area contributed by atoms with Gasteiger partial charge in [0.15, 0.2) is 0 Å². The molecule has 1 amide bonds. The normalized spacial score (nSPS) is 29.9. The maximum Gasteiger partial charge on any atom is 0.255 e. The molecule has 2 aliphatic carbocycles. The Morgan fingerprint density at radius 1 is 1.14 bits per heavy atom. The smallest absolute Gasteiger partial charge is 0.255 e. The molecule has 1 aromatic heterocycles. The van der Waals surface area contributed by atoms with E-state index in [9.17, 15) is 4.79 Å². The van der Waals surface area contributed by atoms with E-state index in [4.69, 9.17) is 14.5 Å². The quantitative estimate of drug-likeness (QED) is 0.805. The summed E-state index contributed by atoms with van der Waals surface area (Å²) in [5.41, 5.74) is 3.36. The van der Waals surface area contributed by atoms with Crippen molar-refractivity contribution in [1.82, 2.24) is 9.88 Å². The molecule has 0 aromatic carbocycles. The Morgan fingerprint density at radius 3 is 2.59 bits per heavy atom. The Balaban J connectivity index is 0.00000205. The SMILES string of the molecule is CC1(C)CC(Nc2ncc(C(=O)N3CCOCC3)c3c2C2CCC3C2)CCO1.Cl. The highest BCUT2D eigenvalue weighted by molar-refractivity contribution is 5.97. The molecule has 2 saturated heterocycles. The van der Waals surface area contributed by atoms with Gasteiger partial charge in [0.25, 0.3) is 5.91 Å². The van der Waals surface area contributed by atoms with Gasteiger partial charge in [-0.3, -0.25) is 4.79 Å². The lowest BCUT2D eigenvalue weighted by Gasteiger charge is -2.36. The van der Waals surface area contributed by atoms with Gasteiger partial charge in [-0.2, -0.15) is 0 Å². The van der Waals surface area contributed by atoms with Crippen LogP contribution in [0.4, 0.5) is 5.82 Å². The molecule has 3 fully saturated rings. The second-order valence-electron chi connectivity index (χ2n) is 9.40. The Labute approximate surface area is 179 Å². The zero-order chi connectivity index (χ0) is 19.3. The van der Waals surface area contributed by atoms with Crippen LogP contribution < -0.4 is 5.32 Å². The first kappa shape index (κ1) is 20.9. The van der Waals surface area contributed by atoms with Crippen LogP contribution in [-0.2, 0) is 9.47 Å². The molecule has 5 rings (SSSR count). The summed E-state index contributed by atoms with van der Waals surface area (Å²) in [5, 5.41) is 3.73. The summed E-state index contributed by atoms with van der Waals surface area (Å²) < 4.78 is 11.3. The number of aromatic nitrogens is 1. The van der Waals surface area contributed by atoms with Gasteiger partial charge in [-0.15, -0.1) is 12.4 Å². The minimum atomic E-state index is -0.0929. The van der Waals surface area contributed by atoms with Crippen LogP contribution in [-0.4, -0.2) is 60.3 Å². The standard InChI is InChI=1S/C22H31N3O3.ClH/c1-22(2)12-16(5-8-28-22)24-20-19-15-4-3-14(11-15)18(19)17(13-23-20)21(26)25-6-9-27-10-7-25;/h13-16H,3-12H2,1-2H3,(H,23,24);1H. The Bertz CT molecular complexity index is 779. The fourth-order valence-corrected chi connectivity index (χ4v) is 5.67. The van der Waals surface area contributed by atoms with E-state index >= 15 is 0 Å². The van der Waals surface area contributed by atoms with Crippen molar-refractivity contribution < 1.29 is 14.3 Å². The van der Waals surface area contributed by atoms with Crippen molar-refractivity contribution in [1.29, 1.82) is 0 Å². The number of nitrogens with zero attached hydrogens (tertiary/aromatic N) is 2. The van der Waals surface area contributed by atoms with E-state index in [-0.39, 0.29) is 23.9 Å². The number of hydrogen-bond acceptors (Lipinski definition) is 5. The Kier molecular flexibility index (Phi) is 5.79. The minimum Gasteiger partial charge on any atom is -0.378 e. The van der Waals surface area contributed by atoms with E-state index in [2.05, 4.69) is 19.2 Å². The van der Waals surface area contributed by atoms with E-state index in [1.54, 1.807) is 0 Å². The second-order valence-corrected chi connectivity index (χ2v) is 9.40. The first-order valence-corrected chi connectivity index (χ1v) is 10.8. The van der Waals surface area contributed by atoms with Crippen molar-refractivity contribution in [2.24, 2.45) is 0 Å². The zero-order valence-electron chi connectivity index (χ0n) is 17.4. The number of nitrogens with one attached hydrogen (secondary N) is 1. The molecule has 1 saturated carbocycles. The molecule has 6 nitrogen and oxygen atoms in total. The number of halogens is 1. The summed E-state index contributed by atoms with van der Waals surface area (Å²) in [6.45, 7) is 7.72. The molecule has 160 valence electrons. The van der Waals surface area contributed by atoms with Crippen molar-refractivity contribution in [2.45, 2.75) is 69.4 Å². The average Bonchev–Trinajstić information content (AvgIpc) is 3.30. The molecule has 1 N–H and O–H groups in total. The molecule has 0 radical (unpaired) electrons. The number of pyridine rings is 1. The molecule has 2 bridgehead atoms. The molecule has 0 spiro atoms. The van der Waals surface area contributed by atoms with Gasteiger partial charge in [0.2, 0.25) is 0 Å². The van der Waals surface area contributed by atoms with Crippen LogP contribution in [0.2, 0.25) is 0 Å². The number of fused-ring (bicyclic) bond motifs is 5. The van der Waals surface area contributed by atoms with Crippen molar-refractivity contribution in [3.05, 3.63) is 22.9 Å². The third-order valence-electron chi connectivity index (χ3n) is 6.97. The summed E-state index contributed by atoms with van der Waals surface area (Å²) in [7, 11) is 0. The van der Waals surface area contributed by atoms with Crippen molar-refractivity contribution in [3.63, 3.8) is 0 Å². The number of rotatable bonds is 3. The molecule has 29 heavy (non-hydrogen) atoms. The average molecular weight is 422 g/mol. The Hall–Kier alpha value is -1.37. The third kappa shape index (κ3) is 3.87. The number of carbonyl (C=O) groups excluding carboxylic acids is 1. The van der Waals surface area contributed by atoms with Crippen LogP contribution in [0.1, 0.15) is 79.3 Å². The first-order valence-electron chi connectivity index (χ1n) is 10.8. The van der Waals surface area contributed by atoms with E-state index in [0.717, 1.165) is 30.8 Å². The summed E-state index contributed by atoms with van der Waals surface area (Å²) in [4.78, 5) is 19.9.